The van der Waals surface area contributed by atoms with Gasteiger partial charge in [0.25, 0.3) is 0 Å². The molecule has 0 bridgehead atoms. The highest BCUT2D eigenvalue weighted by atomic mass is 16.5. The molecule has 0 aliphatic carbocycles. The van der Waals surface area contributed by atoms with Crippen molar-refractivity contribution in [1.29, 1.82) is 0 Å². The minimum Gasteiger partial charge on any atom is -0.501 e. The highest BCUT2D eigenvalue weighted by Crippen LogP contribution is 1.98. The summed E-state index contributed by atoms with van der Waals surface area (Å²) in [5.74, 6) is 0. The van der Waals surface area contributed by atoms with E-state index in [1.807, 2.05) is 0 Å². The van der Waals surface area contributed by atoms with E-state index in [0.29, 0.717) is 0 Å². The van der Waals surface area contributed by atoms with Gasteiger partial charge in [0.1, 0.15) is 0 Å². The minimum absolute atomic E-state index is 0.838. The van der Waals surface area contributed by atoms with E-state index in [2.05, 4.69) is 13.5 Å². The Balaban J connectivity index is 2.90. The number of allylic oxidation sites excluding steroid dienone is 2. The zero-order valence-corrected chi connectivity index (χ0v) is 7.38. The molecule has 0 aromatic rings. The monoisotopic (exact) mass is 154 g/mol. The summed E-state index contributed by atoms with van der Waals surface area (Å²) in [6.07, 6.45) is 10.2. The number of unbranched alkanes of at least 4 members (excludes halogenated alkanes) is 3. The van der Waals surface area contributed by atoms with Gasteiger partial charge in [-0.3, -0.25) is 0 Å². The smallest absolute Gasteiger partial charge is 0.0873 e. The van der Waals surface area contributed by atoms with Gasteiger partial charge in [-0.25, -0.2) is 0 Å². The lowest BCUT2D eigenvalue weighted by Crippen LogP contribution is -1.86. The standard InChI is InChI=1S/C10H18O/c1-3-5-7-8-10-11-9-6-4-2/h4,6,9H,2-3,5,7-8,10H2,1H3/b9-6+. The molecular formula is C10H18O. The molecule has 1 heteroatoms. The van der Waals surface area contributed by atoms with Crippen molar-refractivity contribution in [3.8, 4) is 0 Å². The highest BCUT2D eigenvalue weighted by Gasteiger charge is 1.84. The molecule has 0 rings (SSSR count). The van der Waals surface area contributed by atoms with Crippen molar-refractivity contribution in [3.63, 3.8) is 0 Å². The normalized spacial score (nSPS) is 10.3. The van der Waals surface area contributed by atoms with E-state index in [1.54, 1.807) is 18.4 Å². The Kier molecular flexibility index (Phi) is 8.67. The molecule has 0 heterocycles. The van der Waals surface area contributed by atoms with Crippen LogP contribution in [0.5, 0.6) is 0 Å². The average molecular weight is 154 g/mol. The van der Waals surface area contributed by atoms with Gasteiger partial charge in [0, 0.05) is 0 Å². The molecule has 0 aliphatic heterocycles. The van der Waals surface area contributed by atoms with Crippen LogP contribution in [0.1, 0.15) is 32.6 Å². The highest BCUT2D eigenvalue weighted by molar-refractivity contribution is 4.92. The van der Waals surface area contributed by atoms with Gasteiger partial charge >= 0.3 is 0 Å². The van der Waals surface area contributed by atoms with Gasteiger partial charge in [0.15, 0.2) is 0 Å². The molecule has 0 unspecified atom stereocenters. The number of hydrogen-bond acceptors (Lipinski definition) is 1. The lowest BCUT2D eigenvalue weighted by molar-refractivity contribution is 0.241. The first kappa shape index (κ1) is 10.3. The van der Waals surface area contributed by atoms with Crippen molar-refractivity contribution >= 4 is 0 Å². The van der Waals surface area contributed by atoms with Gasteiger partial charge in [-0.05, 0) is 12.5 Å². The third-order valence-corrected chi connectivity index (χ3v) is 1.43. The quantitative estimate of drug-likeness (QED) is 0.310. The Hall–Kier alpha value is -0.720. The Morgan fingerprint density at radius 2 is 2.09 bits per heavy atom. The summed E-state index contributed by atoms with van der Waals surface area (Å²) in [6.45, 7) is 6.59. The molecule has 0 saturated carbocycles. The van der Waals surface area contributed by atoms with Crippen molar-refractivity contribution in [2.24, 2.45) is 0 Å². The average Bonchev–Trinajstić information content (AvgIpc) is 2.03. The van der Waals surface area contributed by atoms with Crippen LogP contribution in [0.25, 0.3) is 0 Å². The van der Waals surface area contributed by atoms with E-state index in [9.17, 15) is 0 Å². The predicted molar refractivity (Wildman–Crippen MR) is 49.4 cm³/mol. The number of rotatable bonds is 7. The fourth-order valence-corrected chi connectivity index (χ4v) is 0.791. The van der Waals surface area contributed by atoms with Crippen LogP contribution in [-0.2, 0) is 4.74 Å². The molecule has 0 N–H and O–H groups in total. The lowest BCUT2D eigenvalue weighted by atomic mass is 10.2. The van der Waals surface area contributed by atoms with Crippen LogP contribution in [-0.4, -0.2) is 6.61 Å². The number of hydrogen-bond donors (Lipinski definition) is 0. The SMILES string of the molecule is C=C/C=C/OCCCCCC. The van der Waals surface area contributed by atoms with Gasteiger partial charge in [0.2, 0.25) is 0 Å². The van der Waals surface area contributed by atoms with Crippen molar-refractivity contribution in [1.82, 2.24) is 0 Å². The Bertz CT molecular complexity index is 105. The zero-order chi connectivity index (χ0) is 8.36. The van der Waals surface area contributed by atoms with E-state index in [-0.39, 0.29) is 0 Å². The first-order valence-electron chi connectivity index (χ1n) is 4.31. The largest absolute Gasteiger partial charge is 0.501 e. The summed E-state index contributed by atoms with van der Waals surface area (Å²) in [4.78, 5) is 0. The second-order valence-electron chi connectivity index (χ2n) is 2.50. The van der Waals surface area contributed by atoms with Crippen molar-refractivity contribution in [3.05, 3.63) is 25.0 Å². The second kappa shape index (κ2) is 9.28. The Morgan fingerprint density at radius 3 is 2.73 bits per heavy atom. The van der Waals surface area contributed by atoms with Crippen LogP contribution in [0.3, 0.4) is 0 Å². The van der Waals surface area contributed by atoms with Gasteiger partial charge in [-0.1, -0.05) is 38.8 Å². The van der Waals surface area contributed by atoms with Crippen LogP contribution >= 0.6 is 0 Å². The van der Waals surface area contributed by atoms with Gasteiger partial charge < -0.3 is 4.74 Å². The van der Waals surface area contributed by atoms with Crippen LogP contribution in [0, 0.1) is 0 Å². The second-order valence-corrected chi connectivity index (χ2v) is 2.50. The molecule has 11 heavy (non-hydrogen) atoms. The van der Waals surface area contributed by atoms with Crippen molar-refractivity contribution in [2.45, 2.75) is 32.6 Å². The van der Waals surface area contributed by atoms with Crippen molar-refractivity contribution < 1.29 is 4.74 Å². The van der Waals surface area contributed by atoms with Crippen molar-refractivity contribution in [2.75, 3.05) is 6.61 Å². The van der Waals surface area contributed by atoms with Gasteiger partial charge in [-0.2, -0.15) is 0 Å². The van der Waals surface area contributed by atoms with Crippen LogP contribution in [0.15, 0.2) is 25.0 Å². The molecule has 0 radical (unpaired) electrons. The molecule has 0 aliphatic rings. The minimum atomic E-state index is 0.838. The van der Waals surface area contributed by atoms with Gasteiger partial charge in [-0.15, -0.1) is 0 Å². The van der Waals surface area contributed by atoms with Gasteiger partial charge in [0.05, 0.1) is 12.9 Å². The van der Waals surface area contributed by atoms with Crippen LogP contribution < -0.4 is 0 Å². The van der Waals surface area contributed by atoms with E-state index < -0.39 is 0 Å². The molecular weight excluding hydrogens is 136 g/mol. The van der Waals surface area contributed by atoms with Crippen LogP contribution in [0.2, 0.25) is 0 Å². The summed E-state index contributed by atoms with van der Waals surface area (Å²) in [7, 11) is 0. The fourth-order valence-electron chi connectivity index (χ4n) is 0.791. The molecule has 0 amide bonds. The molecule has 0 saturated heterocycles. The van der Waals surface area contributed by atoms with E-state index in [4.69, 9.17) is 4.74 Å². The molecule has 1 nitrogen and oxygen atoms in total. The predicted octanol–water partition coefficient (Wildman–Crippen LogP) is 3.28. The summed E-state index contributed by atoms with van der Waals surface area (Å²) in [6, 6.07) is 0. The van der Waals surface area contributed by atoms with E-state index in [1.165, 1.54) is 19.3 Å². The Morgan fingerprint density at radius 1 is 1.27 bits per heavy atom. The number of ether oxygens (including phenoxy) is 1. The first-order valence-corrected chi connectivity index (χ1v) is 4.31. The molecule has 0 aromatic heterocycles. The molecule has 0 fully saturated rings. The summed E-state index contributed by atoms with van der Waals surface area (Å²) >= 11 is 0. The zero-order valence-electron chi connectivity index (χ0n) is 7.38. The van der Waals surface area contributed by atoms with E-state index >= 15 is 0 Å². The maximum Gasteiger partial charge on any atom is 0.0873 e. The lowest BCUT2D eigenvalue weighted by Gasteiger charge is -1.98. The maximum atomic E-state index is 5.17. The first-order chi connectivity index (χ1) is 5.41. The van der Waals surface area contributed by atoms with E-state index in [0.717, 1.165) is 13.0 Å². The fraction of sp³-hybridized carbons (Fsp3) is 0.600. The molecule has 0 spiro atoms. The summed E-state index contributed by atoms with van der Waals surface area (Å²) < 4.78 is 5.17. The summed E-state index contributed by atoms with van der Waals surface area (Å²) in [5, 5.41) is 0. The Labute approximate surface area is 69.8 Å². The molecule has 0 aromatic carbocycles. The topological polar surface area (TPSA) is 9.23 Å². The maximum absolute atomic E-state index is 5.17. The molecule has 0 atom stereocenters. The third kappa shape index (κ3) is 9.28. The molecule has 64 valence electrons. The van der Waals surface area contributed by atoms with Crippen LogP contribution in [0.4, 0.5) is 0 Å². The third-order valence-electron chi connectivity index (χ3n) is 1.43. The summed E-state index contributed by atoms with van der Waals surface area (Å²) in [5.41, 5.74) is 0.